The summed E-state index contributed by atoms with van der Waals surface area (Å²) >= 11 is 1.16. The zero-order chi connectivity index (χ0) is 15.4. The molecule has 2 N–H and O–H groups in total. The van der Waals surface area contributed by atoms with Crippen LogP contribution in [0.15, 0.2) is 34.2 Å². The van der Waals surface area contributed by atoms with Gasteiger partial charge in [-0.3, -0.25) is 14.6 Å². The Morgan fingerprint density at radius 2 is 2.10 bits per heavy atom. The van der Waals surface area contributed by atoms with E-state index in [0.717, 1.165) is 23.0 Å². The lowest BCUT2D eigenvalue weighted by Crippen LogP contribution is -2.23. The van der Waals surface area contributed by atoms with E-state index in [1.807, 2.05) is 31.2 Å². The number of anilines is 1. The lowest BCUT2D eigenvalue weighted by atomic mass is 10.2. The van der Waals surface area contributed by atoms with Crippen molar-refractivity contribution in [1.29, 1.82) is 0 Å². The summed E-state index contributed by atoms with van der Waals surface area (Å²) in [5.41, 5.74) is 1.83. The molecule has 110 valence electrons. The van der Waals surface area contributed by atoms with Crippen LogP contribution in [0.2, 0.25) is 0 Å². The Morgan fingerprint density at radius 3 is 2.76 bits per heavy atom. The van der Waals surface area contributed by atoms with E-state index in [1.54, 1.807) is 13.8 Å². The van der Waals surface area contributed by atoms with Crippen molar-refractivity contribution >= 4 is 23.4 Å². The van der Waals surface area contributed by atoms with Crippen LogP contribution in [0.4, 0.5) is 5.69 Å². The zero-order valence-electron chi connectivity index (χ0n) is 12.0. The van der Waals surface area contributed by atoms with Gasteiger partial charge in [0.2, 0.25) is 5.91 Å². The zero-order valence-corrected chi connectivity index (χ0v) is 12.8. The van der Waals surface area contributed by atoms with Gasteiger partial charge in [0.25, 0.3) is 5.56 Å². The van der Waals surface area contributed by atoms with Gasteiger partial charge in [-0.25, -0.2) is 0 Å². The number of hydrogen-bond acceptors (Lipinski definition) is 5. The first-order chi connectivity index (χ1) is 9.95. The van der Waals surface area contributed by atoms with Gasteiger partial charge in [0.15, 0.2) is 5.16 Å². The number of carbonyl (C=O) groups is 1. The molecule has 0 fully saturated rings. The lowest BCUT2D eigenvalue weighted by Gasteiger charge is -2.11. The number of hydrogen-bond donors (Lipinski definition) is 2. The molecule has 21 heavy (non-hydrogen) atoms. The second-order valence-corrected chi connectivity index (χ2v) is 5.99. The molecule has 1 unspecified atom stereocenters. The molecule has 7 heteroatoms. The number of rotatable bonds is 4. The first kappa shape index (κ1) is 15.2. The summed E-state index contributed by atoms with van der Waals surface area (Å²) in [4.78, 5) is 26.1. The third kappa shape index (κ3) is 4.16. The maximum absolute atomic E-state index is 12.1. The number of H-pyrrole nitrogens is 1. The number of aromatic nitrogens is 3. The highest BCUT2D eigenvalue weighted by Gasteiger charge is 2.16. The largest absolute Gasteiger partial charge is 0.325 e. The fraction of sp³-hybridized carbons (Fsp3) is 0.286. The molecule has 1 aromatic carbocycles. The Kier molecular flexibility index (Phi) is 4.74. The number of nitrogens with zero attached hydrogens (tertiary/aromatic N) is 2. The molecule has 1 atom stereocenters. The molecule has 2 rings (SSSR count). The van der Waals surface area contributed by atoms with Crippen LogP contribution in [0.25, 0.3) is 0 Å². The summed E-state index contributed by atoms with van der Waals surface area (Å²) in [6, 6.07) is 7.56. The molecular weight excluding hydrogens is 288 g/mol. The second kappa shape index (κ2) is 6.53. The van der Waals surface area contributed by atoms with Crippen LogP contribution in [0, 0.1) is 13.8 Å². The predicted octanol–water partition coefficient (Wildman–Crippen LogP) is 1.90. The summed E-state index contributed by atoms with van der Waals surface area (Å²) < 4.78 is 0. The number of aromatic amines is 1. The van der Waals surface area contributed by atoms with Gasteiger partial charge in [-0.1, -0.05) is 23.9 Å². The SMILES string of the molecule is Cc1cccc(NC(=O)C(C)Sc2nnc(C)c(=O)[nH]2)c1. The summed E-state index contributed by atoms with van der Waals surface area (Å²) in [5.74, 6) is -0.158. The van der Waals surface area contributed by atoms with Crippen LogP contribution in [0.3, 0.4) is 0 Å². The molecule has 0 aliphatic carbocycles. The predicted molar refractivity (Wildman–Crippen MR) is 82.5 cm³/mol. The topological polar surface area (TPSA) is 87.7 Å². The monoisotopic (exact) mass is 304 g/mol. The van der Waals surface area contributed by atoms with Crippen LogP contribution in [0.1, 0.15) is 18.2 Å². The van der Waals surface area contributed by atoms with E-state index in [1.165, 1.54) is 0 Å². The van der Waals surface area contributed by atoms with Gasteiger partial charge in [-0.05, 0) is 38.5 Å². The van der Waals surface area contributed by atoms with Gasteiger partial charge in [-0.2, -0.15) is 0 Å². The van der Waals surface area contributed by atoms with Crippen LogP contribution < -0.4 is 10.9 Å². The van der Waals surface area contributed by atoms with Crippen LogP contribution in [-0.4, -0.2) is 26.3 Å². The van der Waals surface area contributed by atoms with E-state index < -0.39 is 5.25 Å². The van der Waals surface area contributed by atoms with Crippen molar-refractivity contribution < 1.29 is 4.79 Å². The van der Waals surface area contributed by atoms with Gasteiger partial charge in [0.05, 0.1) is 5.25 Å². The Balaban J connectivity index is 2.02. The molecule has 0 radical (unpaired) electrons. The fourth-order valence-corrected chi connectivity index (χ4v) is 2.36. The normalized spacial score (nSPS) is 12.0. The smallest absolute Gasteiger partial charge is 0.273 e. The number of amides is 1. The van der Waals surface area contributed by atoms with E-state index in [-0.39, 0.29) is 11.5 Å². The summed E-state index contributed by atoms with van der Waals surface area (Å²) in [6.07, 6.45) is 0. The molecule has 1 amide bonds. The minimum absolute atomic E-state index is 0.158. The molecule has 6 nitrogen and oxygen atoms in total. The van der Waals surface area contributed by atoms with E-state index in [4.69, 9.17) is 0 Å². The maximum atomic E-state index is 12.1. The Labute approximate surface area is 126 Å². The van der Waals surface area contributed by atoms with Crippen molar-refractivity contribution in [2.75, 3.05) is 5.32 Å². The van der Waals surface area contributed by atoms with Crippen LogP contribution in [-0.2, 0) is 4.79 Å². The first-order valence-corrected chi connectivity index (χ1v) is 7.31. The number of thioether (sulfide) groups is 1. The van der Waals surface area contributed by atoms with Crippen molar-refractivity contribution in [3.8, 4) is 0 Å². The quantitative estimate of drug-likeness (QED) is 0.842. The number of aryl methyl sites for hydroxylation is 2. The number of carbonyl (C=O) groups excluding carboxylic acids is 1. The highest BCUT2D eigenvalue weighted by molar-refractivity contribution is 8.00. The van der Waals surface area contributed by atoms with E-state index in [9.17, 15) is 9.59 Å². The van der Waals surface area contributed by atoms with Gasteiger partial charge in [0.1, 0.15) is 5.69 Å². The molecule has 1 aromatic heterocycles. The summed E-state index contributed by atoms with van der Waals surface area (Å²) in [5, 5.41) is 10.4. The minimum Gasteiger partial charge on any atom is -0.325 e. The first-order valence-electron chi connectivity index (χ1n) is 6.43. The van der Waals surface area contributed by atoms with Gasteiger partial charge in [0, 0.05) is 5.69 Å². The third-order valence-corrected chi connectivity index (χ3v) is 3.76. The van der Waals surface area contributed by atoms with E-state index >= 15 is 0 Å². The summed E-state index contributed by atoms with van der Waals surface area (Å²) in [6.45, 7) is 5.28. The van der Waals surface area contributed by atoms with Crippen LogP contribution in [0.5, 0.6) is 0 Å². The Hall–Kier alpha value is -2.15. The molecule has 1 heterocycles. The third-order valence-electron chi connectivity index (χ3n) is 2.78. The molecule has 0 bridgehead atoms. The van der Waals surface area contributed by atoms with Crippen molar-refractivity contribution in [3.63, 3.8) is 0 Å². The van der Waals surface area contributed by atoms with Gasteiger partial charge < -0.3 is 5.32 Å². The van der Waals surface area contributed by atoms with Crippen molar-refractivity contribution in [2.24, 2.45) is 0 Å². The lowest BCUT2D eigenvalue weighted by molar-refractivity contribution is -0.115. The van der Waals surface area contributed by atoms with Crippen molar-refractivity contribution in [2.45, 2.75) is 31.2 Å². The van der Waals surface area contributed by atoms with Crippen molar-refractivity contribution in [1.82, 2.24) is 15.2 Å². The van der Waals surface area contributed by atoms with Crippen molar-refractivity contribution in [3.05, 3.63) is 45.9 Å². The molecule has 0 spiro atoms. The van der Waals surface area contributed by atoms with Gasteiger partial charge in [-0.15, -0.1) is 10.2 Å². The number of benzene rings is 1. The van der Waals surface area contributed by atoms with E-state index in [2.05, 4.69) is 20.5 Å². The van der Waals surface area contributed by atoms with Crippen LogP contribution >= 0.6 is 11.8 Å². The van der Waals surface area contributed by atoms with Gasteiger partial charge >= 0.3 is 0 Å². The standard InChI is InChI=1S/C14H16N4O2S/c1-8-5-4-6-11(7-8)15-13(20)10(3)21-14-16-12(19)9(2)17-18-14/h4-7,10H,1-3H3,(H,15,20)(H,16,18,19). The molecule has 0 saturated heterocycles. The molecule has 2 aromatic rings. The fourth-order valence-electron chi connectivity index (χ4n) is 1.62. The molecule has 0 aliphatic rings. The Morgan fingerprint density at radius 1 is 1.33 bits per heavy atom. The minimum atomic E-state index is -0.404. The average molecular weight is 304 g/mol. The molecular formula is C14H16N4O2S. The second-order valence-electron chi connectivity index (χ2n) is 4.66. The Bertz CT molecular complexity index is 714. The highest BCUT2D eigenvalue weighted by Crippen LogP contribution is 2.19. The average Bonchev–Trinajstić information content (AvgIpc) is 2.43. The number of nitrogens with one attached hydrogen (secondary N) is 2. The molecule has 0 saturated carbocycles. The maximum Gasteiger partial charge on any atom is 0.273 e. The van der Waals surface area contributed by atoms with E-state index in [0.29, 0.717) is 10.9 Å². The highest BCUT2D eigenvalue weighted by atomic mass is 32.2. The summed E-state index contributed by atoms with van der Waals surface area (Å²) in [7, 11) is 0. The molecule has 0 aliphatic heterocycles.